The van der Waals surface area contributed by atoms with Crippen LogP contribution in [0.4, 0.5) is 29.3 Å². The Morgan fingerprint density at radius 2 is 1.43 bits per heavy atom. The van der Waals surface area contributed by atoms with Crippen molar-refractivity contribution in [2.24, 2.45) is 0 Å². The molecule has 0 radical (unpaired) electrons. The number of nitrogens with one attached hydrogen (secondary N) is 2. The summed E-state index contributed by atoms with van der Waals surface area (Å²) in [6.45, 7) is 0. The van der Waals surface area contributed by atoms with Crippen LogP contribution >= 0.6 is 12.8 Å². The third kappa shape index (κ3) is 6.12. The van der Waals surface area contributed by atoms with E-state index in [-0.39, 0.29) is 11.3 Å². The van der Waals surface area contributed by atoms with E-state index in [0.29, 0.717) is 9.87 Å². The van der Waals surface area contributed by atoms with Gasteiger partial charge in [-0.25, -0.2) is 9.59 Å². The molecule has 3 amide bonds. The Hall–Kier alpha value is -3.99. The number of halogens is 3. The van der Waals surface area contributed by atoms with Crippen molar-refractivity contribution < 1.29 is 32.3 Å². The Balaban J connectivity index is 1.92. The molecule has 0 bridgehead atoms. The first-order valence-corrected chi connectivity index (χ1v) is 10.5. The molecule has 0 saturated carbocycles. The Kier molecular flexibility index (Phi) is 8.02. The van der Waals surface area contributed by atoms with Gasteiger partial charge in [-0.15, -0.1) is 0 Å². The number of carbonyl (C=O) groups is 3. The van der Waals surface area contributed by atoms with Gasteiger partial charge in [-0.2, -0.15) is 13.2 Å². The summed E-state index contributed by atoms with van der Waals surface area (Å²) in [7, 11) is 1.19. The average Bonchev–Trinajstić information content (AvgIpc) is 2.84. The molecule has 0 saturated heterocycles. The molecule has 3 aromatic rings. The second kappa shape index (κ2) is 11.0. The number of anilines is 2. The third-order valence-corrected chi connectivity index (χ3v) is 5.29. The minimum absolute atomic E-state index is 0.0735. The van der Waals surface area contributed by atoms with Gasteiger partial charge >= 0.3 is 18.2 Å². The number of esters is 1. The van der Waals surface area contributed by atoms with Gasteiger partial charge in [0, 0.05) is 0 Å². The van der Waals surface area contributed by atoms with Crippen LogP contribution in [-0.2, 0) is 15.7 Å². The van der Waals surface area contributed by atoms with E-state index in [4.69, 9.17) is 4.74 Å². The molecule has 0 aliphatic heterocycles. The maximum absolute atomic E-state index is 13.3. The van der Waals surface area contributed by atoms with Crippen LogP contribution in [0.15, 0.2) is 78.9 Å². The van der Waals surface area contributed by atoms with Crippen LogP contribution < -0.4 is 10.6 Å². The highest BCUT2D eigenvalue weighted by atomic mass is 32.1. The molecule has 1 atom stereocenters. The van der Waals surface area contributed by atoms with Crippen molar-refractivity contribution in [2.75, 3.05) is 17.7 Å². The lowest BCUT2D eigenvalue weighted by atomic mass is 10.1. The number of hydrogen-bond acceptors (Lipinski definition) is 5. The van der Waals surface area contributed by atoms with Gasteiger partial charge in [0.1, 0.15) is 6.04 Å². The van der Waals surface area contributed by atoms with E-state index in [1.54, 1.807) is 42.5 Å². The van der Waals surface area contributed by atoms with Gasteiger partial charge in [0.05, 0.1) is 29.6 Å². The summed E-state index contributed by atoms with van der Waals surface area (Å²) in [5.74, 6) is -1.46. The van der Waals surface area contributed by atoms with Crippen LogP contribution in [-0.4, -0.2) is 29.3 Å². The first-order chi connectivity index (χ1) is 16.6. The standard InChI is InChI=1S/C24H20F3N3O4S/c1-34-22(32)16-11-5-7-13-18(16)28-21(31)20(15-9-3-2-4-10-15)30(35)23(33)29-19-14-8-6-12-17(19)24(25,26)27/h2-14,20,35H,1H3,(H,28,31)(H,29,33). The normalized spacial score (nSPS) is 11.8. The van der Waals surface area contributed by atoms with Crippen LogP contribution in [0.5, 0.6) is 0 Å². The van der Waals surface area contributed by atoms with Crippen LogP contribution in [0.3, 0.4) is 0 Å². The zero-order valence-corrected chi connectivity index (χ0v) is 19.1. The Morgan fingerprint density at radius 3 is 2.06 bits per heavy atom. The Bertz CT molecular complexity index is 1220. The molecular formula is C24H20F3N3O4S. The molecule has 1 unspecified atom stereocenters. The summed E-state index contributed by atoms with van der Waals surface area (Å²) < 4.78 is 45.4. The molecule has 35 heavy (non-hydrogen) atoms. The van der Waals surface area contributed by atoms with Gasteiger partial charge in [0.25, 0.3) is 5.91 Å². The molecule has 0 aliphatic rings. The summed E-state index contributed by atoms with van der Waals surface area (Å²) in [4.78, 5) is 38.2. The molecule has 0 aliphatic carbocycles. The molecule has 7 nitrogen and oxygen atoms in total. The fourth-order valence-corrected chi connectivity index (χ4v) is 3.54. The molecular weight excluding hydrogens is 483 g/mol. The van der Waals surface area contributed by atoms with Gasteiger partial charge in [-0.05, 0) is 29.8 Å². The molecule has 0 spiro atoms. The van der Waals surface area contributed by atoms with Crippen LogP contribution in [0, 0.1) is 0 Å². The van der Waals surface area contributed by atoms with Crippen LogP contribution in [0.2, 0.25) is 0 Å². The first-order valence-electron chi connectivity index (χ1n) is 10.1. The summed E-state index contributed by atoms with van der Waals surface area (Å²) in [5, 5.41) is 4.73. The van der Waals surface area contributed by atoms with E-state index in [1.807, 2.05) is 0 Å². The molecule has 3 aromatic carbocycles. The maximum atomic E-state index is 13.3. The fraction of sp³-hybridized carbons (Fsp3) is 0.125. The topological polar surface area (TPSA) is 87.7 Å². The molecule has 182 valence electrons. The number of amides is 3. The number of nitrogens with zero attached hydrogens (tertiary/aromatic N) is 1. The number of hydrogen-bond donors (Lipinski definition) is 3. The summed E-state index contributed by atoms with van der Waals surface area (Å²) in [5.41, 5.74) is -1.02. The number of carbonyl (C=O) groups excluding carboxylic acids is 3. The lowest BCUT2D eigenvalue weighted by molar-refractivity contribution is -0.137. The van der Waals surface area contributed by atoms with Crippen molar-refractivity contribution in [3.05, 3.63) is 95.6 Å². The second-order valence-corrected chi connectivity index (χ2v) is 7.59. The third-order valence-electron chi connectivity index (χ3n) is 4.88. The highest BCUT2D eigenvalue weighted by Gasteiger charge is 2.35. The molecule has 3 rings (SSSR count). The minimum atomic E-state index is -4.71. The van der Waals surface area contributed by atoms with Gasteiger partial charge in [0.2, 0.25) is 0 Å². The van der Waals surface area contributed by atoms with Crippen molar-refractivity contribution in [2.45, 2.75) is 12.2 Å². The number of para-hydroxylation sites is 2. The highest BCUT2D eigenvalue weighted by Crippen LogP contribution is 2.35. The number of ether oxygens (including phenoxy) is 1. The quantitative estimate of drug-likeness (QED) is 0.304. The van der Waals surface area contributed by atoms with Crippen LogP contribution in [0.1, 0.15) is 27.5 Å². The SMILES string of the molecule is COC(=O)c1ccccc1NC(=O)C(c1ccccc1)N(S)C(=O)Nc1ccccc1C(F)(F)F. The average molecular weight is 504 g/mol. The lowest BCUT2D eigenvalue weighted by Crippen LogP contribution is -2.38. The molecule has 0 fully saturated rings. The van der Waals surface area contributed by atoms with E-state index in [2.05, 4.69) is 23.4 Å². The van der Waals surface area contributed by atoms with E-state index in [0.717, 1.165) is 12.1 Å². The number of methoxy groups -OCH3 is 1. The molecule has 0 heterocycles. The maximum Gasteiger partial charge on any atom is 0.418 e. The molecule has 2 N–H and O–H groups in total. The van der Waals surface area contributed by atoms with Gasteiger partial charge in [-0.3, -0.25) is 9.10 Å². The van der Waals surface area contributed by atoms with Crippen molar-refractivity contribution in [1.29, 1.82) is 0 Å². The Morgan fingerprint density at radius 1 is 0.857 bits per heavy atom. The highest BCUT2D eigenvalue weighted by molar-refractivity contribution is 7.78. The van der Waals surface area contributed by atoms with Gasteiger partial charge in [-0.1, -0.05) is 67.4 Å². The fourth-order valence-electron chi connectivity index (χ4n) is 3.25. The van der Waals surface area contributed by atoms with E-state index >= 15 is 0 Å². The summed E-state index contributed by atoms with van der Waals surface area (Å²) >= 11 is 4.15. The summed E-state index contributed by atoms with van der Waals surface area (Å²) in [6, 6.07) is 16.1. The zero-order chi connectivity index (χ0) is 25.6. The van der Waals surface area contributed by atoms with E-state index in [9.17, 15) is 27.6 Å². The monoisotopic (exact) mass is 503 g/mol. The Labute approximate surface area is 204 Å². The predicted molar refractivity (Wildman–Crippen MR) is 127 cm³/mol. The number of benzene rings is 3. The van der Waals surface area contributed by atoms with Crippen molar-refractivity contribution >= 4 is 42.1 Å². The largest absolute Gasteiger partial charge is 0.465 e. The van der Waals surface area contributed by atoms with E-state index < -0.39 is 41.4 Å². The number of urea groups is 1. The predicted octanol–water partition coefficient (Wildman–Crippen LogP) is 5.55. The van der Waals surface area contributed by atoms with Crippen LogP contribution in [0.25, 0.3) is 0 Å². The van der Waals surface area contributed by atoms with Crippen molar-refractivity contribution in [3.8, 4) is 0 Å². The zero-order valence-electron chi connectivity index (χ0n) is 18.2. The smallest absolute Gasteiger partial charge is 0.418 e. The first kappa shape index (κ1) is 25.6. The second-order valence-electron chi connectivity index (χ2n) is 7.16. The van der Waals surface area contributed by atoms with Gasteiger partial charge in [0.15, 0.2) is 0 Å². The number of rotatable bonds is 6. The lowest BCUT2D eigenvalue weighted by Gasteiger charge is -2.27. The molecule has 11 heteroatoms. The van der Waals surface area contributed by atoms with Gasteiger partial charge < -0.3 is 15.4 Å². The minimum Gasteiger partial charge on any atom is -0.465 e. The number of alkyl halides is 3. The van der Waals surface area contributed by atoms with E-state index in [1.165, 1.54) is 31.4 Å². The van der Waals surface area contributed by atoms with Crippen molar-refractivity contribution in [3.63, 3.8) is 0 Å². The molecule has 0 aromatic heterocycles. The summed E-state index contributed by atoms with van der Waals surface area (Å²) in [6.07, 6.45) is -4.71. The number of thiol groups is 1. The van der Waals surface area contributed by atoms with Crippen molar-refractivity contribution in [1.82, 2.24) is 4.31 Å².